The van der Waals surface area contributed by atoms with Gasteiger partial charge in [-0.1, -0.05) is 303 Å². The van der Waals surface area contributed by atoms with E-state index < -0.39 is 55.5 Å². The third-order valence-corrected chi connectivity index (χ3v) is 17.4. The number of fused-ring (bicyclic) bond motifs is 12. The first kappa shape index (κ1) is 39.8. The second kappa shape index (κ2) is 23.0. The summed E-state index contributed by atoms with van der Waals surface area (Å²) >= 11 is 3.45. The van der Waals surface area contributed by atoms with Gasteiger partial charge in [-0.25, -0.2) is 0 Å². The van der Waals surface area contributed by atoms with Gasteiger partial charge in [0.25, 0.3) is 0 Å². The third-order valence-electron chi connectivity index (χ3n) is 16.6. The van der Waals surface area contributed by atoms with Crippen LogP contribution in [0.3, 0.4) is 0 Å². The van der Waals surface area contributed by atoms with Crippen LogP contribution in [0.25, 0.3) is 164 Å². The molecule has 0 fully saturated rings. The fraction of sp³-hybridized carbons (Fsp3) is 0. The molecule has 2 aromatic heterocycles. The third kappa shape index (κ3) is 9.49. The van der Waals surface area contributed by atoms with Gasteiger partial charge in [0, 0.05) is 42.6 Å². The van der Waals surface area contributed by atoms with Crippen molar-refractivity contribution in [1.29, 1.82) is 0 Å². The van der Waals surface area contributed by atoms with Crippen molar-refractivity contribution in [2.75, 3.05) is 0 Å². The molecule has 0 bridgehead atoms. The Hall–Kier alpha value is -10.9. The lowest BCUT2D eigenvalue weighted by Gasteiger charge is -2.18. The summed E-state index contributed by atoms with van der Waals surface area (Å²) in [6, 6.07) is 63.8. The van der Waals surface area contributed by atoms with E-state index in [-0.39, 0.29) is 101 Å². The first-order valence-electron chi connectivity index (χ1n) is 37.0. The maximum Gasteiger partial charge on any atom is 0.492 e. The number of furan rings is 2. The summed E-state index contributed by atoms with van der Waals surface area (Å²) in [6.45, 7) is 0. The lowest BCUT2D eigenvalue weighted by molar-refractivity contribution is 0.425. The van der Waals surface area contributed by atoms with Crippen molar-refractivity contribution in [2.24, 2.45) is 0 Å². The van der Waals surface area contributed by atoms with E-state index in [2.05, 4.69) is 40.2 Å². The topological polar surface area (TPSA) is 66.7 Å². The number of hydrogen-bond acceptors (Lipinski definition) is 4. The summed E-state index contributed by atoms with van der Waals surface area (Å²) in [5.41, 5.74) is 9.22. The molecule has 0 saturated carbocycles. The summed E-state index contributed by atoms with van der Waals surface area (Å²) < 4.78 is 152. The minimum absolute atomic E-state index is 0.152. The number of benzene rings is 16. The first-order chi connectivity index (χ1) is 51.1. The first-order valence-corrected chi connectivity index (χ1v) is 29.8. The van der Waals surface area contributed by atoms with Crippen LogP contribution in [0, 0.1) is 0 Å². The van der Waals surface area contributed by atoms with Gasteiger partial charge < -0.3 is 18.9 Å². The molecule has 0 aliphatic heterocycles. The van der Waals surface area contributed by atoms with Crippen LogP contribution in [0.4, 0.5) is 0 Å². The fourth-order valence-corrected chi connectivity index (χ4v) is 13.1. The van der Waals surface area contributed by atoms with Gasteiger partial charge in [0.1, 0.15) is 22.3 Å². The van der Waals surface area contributed by atoms with Gasteiger partial charge in [-0.05, 0) is 137 Å². The molecule has 6 heteroatoms. The van der Waals surface area contributed by atoms with E-state index in [4.69, 9.17) is 25.3 Å². The molecular formula is C84H54BBrO4. The molecule has 0 atom stereocenters. The van der Waals surface area contributed by atoms with E-state index in [0.29, 0.717) is 50.0 Å². The molecule has 0 saturated heterocycles. The summed E-state index contributed by atoms with van der Waals surface area (Å²) in [5, 5.41) is 27.8. The second-order valence-corrected chi connectivity index (χ2v) is 22.4. The zero-order valence-electron chi connectivity index (χ0n) is 63.5. The Kier molecular flexibility index (Phi) is 10.2. The molecule has 2 N–H and O–H groups in total. The zero-order chi connectivity index (χ0) is 74.2. The summed E-state index contributed by atoms with van der Waals surface area (Å²) in [6.07, 6.45) is 0. The van der Waals surface area contributed by atoms with Crippen LogP contribution in [-0.4, -0.2) is 17.2 Å². The Morgan fingerprint density at radius 1 is 0.278 bits per heavy atom. The highest BCUT2D eigenvalue weighted by atomic mass is 79.9. The van der Waals surface area contributed by atoms with Crippen LogP contribution >= 0.6 is 15.9 Å². The lowest BCUT2D eigenvalue weighted by Crippen LogP contribution is -2.29. The molecule has 90 heavy (non-hydrogen) atoms. The van der Waals surface area contributed by atoms with Crippen LogP contribution in [0.2, 0.25) is 0 Å². The number of hydrogen-bond donors (Lipinski definition) is 2. The van der Waals surface area contributed by atoms with Crippen LogP contribution in [0.15, 0.2) is 328 Å². The van der Waals surface area contributed by atoms with Crippen molar-refractivity contribution in [3.63, 3.8) is 0 Å². The van der Waals surface area contributed by atoms with Gasteiger partial charge in [-0.15, -0.1) is 0 Å². The van der Waals surface area contributed by atoms with E-state index in [0.717, 1.165) is 70.9 Å². The molecule has 18 aromatic rings. The SMILES string of the molecule is OB(O)c1cccc2c1oc1ccccc12.[2H]c1c([2H])c([2H])c2c(-c3ccc(-c4cccc5ccccc45)cc3)c3c([2H])c([2H])c([2H])c([2H])c3c(Br)c2c1[2H].[2H]c1c([2H])c([2H])c2c(-c3cccc4c3oc3ccccc34)c3c([2H])c([2H])c([2H])c([2H])c3c(-c3ccc(-c4cccc5ccccc45)cc3)c2c1[2H]. The zero-order valence-corrected chi connectivity index (χ0v) is 49.0. The highest BCUT2D eigenvalue weighted by Gasteiger charge is 2.22. The van der Waals surface area contributed by atoms with Gasteiger partial charge >= 0.3 is 7.12 Å². The lowest BCUT2D eigenvalue weighted by atomic mass is 9.79. The molecule has 0 spiro atoms. The normalized spacial score (nSPS) is 14.0. The summed E-state index contributed by atoms with van der Waals surface area (Å²) in [4.78, 5) is 0. The number of halogens is 1. The van der Waals surface area contributed by atoms with Crippen LogP contribution in [-0.2, 0) is 0 Å². The predicted octanol–water partition coefficient (Wildman–Crippen LogP) is 22.6. The molecule has 424 valence electrons. The van der Waals surface area contributed by atoms with E-state index in [1.54, 1.807) is 18.2 Å². The van der Waals surface area contributed by atoms with Gasteiger partial charge in [0.15, 0.2) is 0 Å². The van der Waals surface area contributed by atoms with Gasteiger partial charge in [-0.3, -0.25) is 0 Å². The molecule has 16 aromatic carbocycles. The van der Waals surface area contributed by atoms with Crippen LogP contribution in [0.5, 0.6) is 0 Å². The largest absolute Gasteiger partial charge is 0.492 e. The number of rotatable bonds is 6. The molecule has 4 nitrogen and oxygen atoms in total. The van der Waals surface area contributed by atoms with Crippen molar-refractivity contribution < 1.29 is 40.8 Å². The Balaban J connectivity index is 0.000000137. The minimum atomic E-state index is -1.51. The molecule has 0 amide bonds. The van der Waals surface area contributed by atoms with Crippen LogP contribution < -0.4 is 5.46 Å². The van der Waals surface area contributed by atoms with Crippen LogP contribution in [0.1, 0.15) is 21.9 Å². The quantitative estimate of drug-likeness (QED) is 0.129. The molecule has 0 aliphatic carbocycles. The Morgan fingerprint density at radius 2 is 0.600 bits per heavy atom. The van der Waals surface area contributed by atoms with Crippen molar-refractivity contribution in [3.8, 4) is 55.6 Å². The van der Waals surface area contributed by atoms with Crippen molar-refractivity contribution in [1.82, 2.24) is 0 Å². The average molecular weight is 1230 g/mol. The molecular weight excluding hydrogens is 1160 g/mol. The molecule has 0 aliphatic rings. The predicted molar refractivity (Wildman–Crippen MR) is 384 cm³/mol. The Morgan fingerprint density at radius 3 is 1.07 bits per heavy atom. The Labute approximate surface area is 550 Å². The molecule has 0 radical (unpaired) electrons. The van der Waals surface area contributed by atoms with Gasteiger partial charge in [0.05, 0.1) is 21.9 Å². The number of para-hydroxylation sites is 4. The summed E-state index contributed by atoms with van der Waals surface area (Å²) in [5.74, 6) is 0. The van der Waals surface area contributed by atoms with Crippen molar-refractivity contribution in [2.45, 2.75) is 0 Å². The van der Waals surface area contributed by atoms with E-state index >= 15 is 0 Å². The average Bonchev–Trinajstić information content (AvgIpc) is 0.828. The maximum absolute atomic E-state index is 9.30. The smallest absolute Gasteiger partial charge is 0.456 e. The van der Waals surface area contributed by atoms with Crippen molar-refractivity contribution >= 4 is 137 Å². The van der Waals surface area contributed by atoms with Crippen molar-refractivity contribution in [3.05, 3.63) is 320 Å². The maximum atomic E-state index is 9.30. The fourth-order valence-electron chi connectivity index (χ4n) is 12.6. The Bertz CT molecular complexity index is 6610. The highest BCUT2D eigenvalue weighted by Crippen LogP contribution is 2.48. The van der Waals surface area contributed by atoms with E-state index in [1.165, 1.54) is 0 Å². The van der Waals surface area contributed by atoms with Gasteiger partial charge in [-0.2, -0.15) is 0 Å². The minimum Gasteiger partial charge on any atom is -0.456 e. The van der Waals surface area contributed by atoms with E-state index in [1.807, 2.05) is 176 Å². The second-order valence-electron chi connectivity index (χ2n) is 21.6. The molecule has 2 heterocycles. The molecule has 18 rings (SSSR count). The monoisotopic (exact) mass is 1230 g/mol. The molecule has 0 unspecified atom stereocenters. The van der Waals surface area contributed by atoms with Gasteiger partial charge in [0.2, 0.25) is 0 Å². The summed E-state index contributed by atoms with van der Waals surface area (Å²) in [7, 11) is -1.51. The standard InChI is InChI=1S/C42H26O.C30H19Br.C12H9BO3/c1-2-13-30-27(11-1)12-9-19-31(30)28-23-25-29(26-24-28)40-33-15-3-5-17-35(33)41(36-18-6-4-16-34(36)40)38-21-10-20-37-32-14-7-8-22-39(32)43-42(37)38;31-30-27-13-5-3-11-25(27)29(26-12-4-6-14-28(26)30)22-18-16-21(17-19-22)24-15-7-9-20-8-1-2-10-23(20)24;14-13(15)10-6-3-5-9-8-4-1-2-7-11(8)16-12(9)10/h1-26H;1-19H;1-7,14-15H/i3D,4D,5D,6D,15D,16D,17D,18D;3D,4D,5D,6D,11D,12D,13D,14D;. The highest BCUT2D eigenvalue weighted by molar-refractivity contribution is 9.10. The van der Waals surface area contributed by atoms with E-state index in [9.17, 15) is 15.5 Å².